The zero-order chi connectivity index (χ0) is 24.3. The van der Waals surface area contributed by atoms with Crippen LogP contribution in [0.25, 0.3) is 0 Å². The van der Waals surface area contributed by atoms with E-state index in [2.05, 4.69) is 15.5 Å². The van der Waals surface area contributed by atoms with E-state index in [0.717, 1.165) is 19.0 Å². The third kappa shape index (κ3) is 5.53. The summed E-state index contributed by atoms with van der Waals surface area (Å²) < 4.78 is 32.0. The molecule has 0 bridgehead atoms. The molecule has 1 amide bonds. The Morgan fingerprint density at radius 2 is 1.88 bits per heavy atom. The average molecular weight is 489 g/mol. The van der Waals surface area contributed by atoms with Gasteiger partial charge >= 0.3 is 0 Å². The van der Waals surface area contributed by atoms with E-state index in [9.17, 15) is 18.0 Å². The van der Waals surface area contributed by atoms with Crippen molar-refractivity contribution < 1.29 is 22.8 Å². The van der Waals surface area contributed by atoms with Crippen LogP contribution in [0.4, 0.5) is 5.82 Å². The van der Waals surface area contributed by atoms with Crippen molar-refractivity contribution in [2.24, 2.45) is 12.2 Å². The van der Waals surface area contributed by atoms with Crippen LogP contribution in [0.1, 0.15) is 44.6 Å². The summed E-state index contributed by atoms with van der Waals surface area (Å²) in [7, 11) is -1.80. The van der Waals surface area contributed by atoms with Crippen molar-refractivity contribution in [1.82, 2.24) is 9.55 Å². The predicted molar refractivity (Wildman–Crippen MR) is 125 cm³/mol. The van der Waals surface area contributed by atoms with Gasteiger partial charge in [-0.15, -0.1) is 0 Å². The van der Waals surface area contributed by atoms with Crippen LogP contribution in [0.15, 0.2) is 51.5 Å². The number of nitrogens with one attached hydrogen (secondary N) is 1. The first-order chi connectivity index (χ1) is 16.3. The zero-order valence-electron chi connectivity index (χ0n) is 19.1. The summed E-state index contributed by atoms with van der Waals surface area (Å²) in [4.78, 5) is 34.5. The van der Waals surface area contributed by atoms with Crippen LogP contribution in [0.5, 0.6) is 0 Å². The van der Waals surface area contributed by atoms with Crippen LogP contribution in [0.2, 0.25) is 0 Å². The first-order valence-electron chi connectivity index (χ1n) is 11.3. The van der Waals surface area contributed by atoms with Crippen molar-refractivity contribution in [3.8, 4) is 0 Å². The van der Waals surface area contributed by atoms with Gasteiger partial charge in [-0.2, -0.15) is 0 Å². The third-order valence-corrected chi connectivity index (χ3v) is 8.16. The monoisotopic (exact) mass is 488 g/mol. The molecule has 2 aliphatic carbocycles. The number of aromatic nitrogens is 2. The molecule has 1 aromatic carbocycles. The number of hydrogen-bond acceptors (Lipinski definition) is 8. The zero-order valence-corrected chi connectivity index (χ0v) is 20.0. The molecule has 2 atom stereocenters. The molecule has 0 spiro atoms. The minimum absolute atomic E-state index is 0.0223. The standard InChI is InChI=1S/C23H28N4O6S/c1-3-32-16-6-7-17(12-16)33-26-22(23(29)25-20-14-27(2)21(28)13-24-20)15-4-8-18(9-5-15)34(30,31)19-10-11-19/h4-5,8-9,13-14,16-17,19H,3,6-7,10-12H2,1-2H3,(H,25,29)/t16-,17-/m1/s1. The maximum Gasteiger partial charge on any atom is 0.279 e. The van der Waals surface area contributed by atoms with Gasteiger partial charge in [0, 0.05) is 31.8 Å². The molecule has 2 aromatic rings. The molecule has 2 aliphatic rings. The minimum atomic E-state index is -3.35. The van der Waals surface area contributed by atoms with Gasteiger partial charge in [-0.05, 0) is 44.7 Å². The van der Waals surface area contributed by atoms with Gasteiger partial charge in [-0.25, -0.2) is 13.4 Å². The van der Waals surface area contributed by atoms with Crippen molar-refractivity contribution in [3.63, 3.8) is 0 Å². The molecule has 11 heteroatoms. The van der Waals surface area contributed by atoms with Gasteiger partial charge in [0.15, 0.2) is 15.5 Å². The lowest BCUT2D eigenvalue weighted by atomic mass is 10.1. The van der Waals surface area contributed by atoms with E-state index in [4.69, 9.17) is 9.57 Å². The number of sulfone groups is 1. The molecule has 0 saturated heterocycles. The highest BCUT2D eigenvalue weighted by Crippen LogP contribution is 2.33. The van der Waals surface area contributed by atoms with Gasteiger partial charge in [0.25, 0.3) is 11.5 Å². The Bertz CT molecular complexity index is 1230. The van der Waals surface area contributed by atoms with Crippen LogP contribution < -0.4 is 10.9 Å². The Labute approximate surface area is 197 Å². The fourth-order valence-corrected chi connectivity index (χ4v) is 5.50. The van der Waals surface area contributed by atoms with Gasteiger partial charge in [-0.1, -0.05) is 17.3 Å². The number of rotatable bonds is 9. The van der Waals surface area contributed by atoms with Crippen molar-refractivity contribution in [2.45, 2.75) is 61.4 Å². The smallest absolute Gasteiger partial charge is 0.279 e. The Morgan fingerprint density at radius 1 is 1.18 bits per heavy atom. The molecule has 10 nitrogen and oxygen atoms in total. The number of anilines is 1. The van der Waals surface area contributed by atoms with Gasteiger partial charge in [0.2, 0.25) is 0 Å². The molecule has 0 aliphatic heterocycles. The van der Waals surface area contributed by atoms with Gasteiger partial charge in [-0.3, -0.25) is 9.59 Å². The molecule has 4 rings (SSSR count). The van der Waals surface area contributed by atoms with E-state index in [1.54, 1.807) is 19.2 Å². The maximum absolute atomic E-state index is 13.1. The topological polar surface area (TPSA) is 129 Å². The molecule has 0 unspecified atom stereocenters. The molecular formula is C23H28N4O6S. The summed E-state index contributed by atoms with van der Waals surface area (Å²) in [5.74, 6) is -0.423. The Morgan fingerprint density at radius 3 is 2.53 bits per heavy atom. The van der Waals surface area contributed by atoms with Crippen LogP contribution in [-0.4, -0.2) is 53.7 Å². The maximum atomic E-state index is 13.1. The largest absolute Gasteiger partial charge is 0.392 e. The summed E-state index contributed by atoms with van der Waals surface area (Å²) in [5.41, 5.74) is 0.0649. The van der Waals surface area contributed by atoms with Crippen molar-refractivity contribution in [1.29, 1.82) is 0 Å². The van der Waals surface area contributed by atoms with E-state index in [1.165, 1.54) is 22.9 Å². The van der Waals surface area contributed by atoms with Crippen molar-refractivity contribution >= 4 is 27.3 Å². The first-order valence-corrected chi connectivity index (χ1v) is 12.9. The minimum Gasteiger partial charge on any atom is -0.392 e. The number of benzene rings is 1. The molecule has 2 saturated carbocycles. The number of nitrogens with zero attached hydrogens (tertiary/aromatic N) is 3. The first kappa shape index (κ1) is 24.1. The molecule has 1 N–H and O–H groups in total. The Balaban J connectivity index is 1.57. The van der Waals surface area contributed by atoms with E-state index < -0.39 is 15.7 Å². The second kappa shape index (κ2) is 10.1. The highest BCUT2D eigenvalue weighted by atomic mass is 32.2. The average Bonchev–Trinajstić information content (AvgIpc) is 3.59. The molecule has 1 heterocycles. The number of aryl methyl sites for hydroxylation is 1. The summed E-state index contributed by atoms with van der Waals surface area (Å²) in [5, 5.41) is 6.45. The number of carbonyl (C=O) groups is 1. The summed E-state index contributed by atoms with van der Waals surface area (Å²) in [6, 6.07) is 6.06. The van der Waals surface area contributed by atoms with Crippen molar-refractivity contribution in [3.05, 3.63) is 52.6 Å². The highest BCUT2D eigenvalue weighted by Gasteiger charge is 2.37. The number of hydrogen-bond donors (Lipinski definition) is 1. The second-order valence-corrected chi connectivity index (χ2v) is 10.7. The molecule has 1 aromatic heterocycles. The Hall–Kier alpha value is -3.05. The summed E-state index contributed by atoms with van der Waals surface area (Å²) in [6.45, 7) is 2.56. The van der Waals surface area contributed by atoms with Gasteiger partial charge in [0.1, 0.15) is 11.9 Å². The normalized spacial score (nSPS) is 20.8. The van der Waals surface area contributed by atoms with E-state index in [1.807, 2.05) is 6.92 Å². The molecular weight excluding hydrogens is 460 g/mol. The van der Waals surface area contributed by atoms with Crippen molar-refractivity contribution in [2.75, 3.05) is 11.9 Å². The number of oxime groups is 1. The van der Waals surface area contributed by atoms with E-state index in [-0.39, 0.29) is 39.4 Å². The molecule has 2 fully saturated rings. The van der Waals surface area contributed by atoms with Gasteiger partial charge in [0.05, 0.1) is 22.4 Å². The second-order valence-electron chi connectivity index (χ2n) is 8.50. The van der Waals surface area contributed by atoms with Crippen LogP contribution in [-0.2, 0) is 31.3 Å². The lowest BCUT2D eigenvalue weighted by Crippen LogP contribution is -2.27. The van der Waals surface area contributed by atoms with Crippen LogP contribution in [0.3, 0.4) is 0 Å². The lowest BCUT2D eigenvalue weighted by molar-refractivity contribution is -0.110. The number of carbonyl (C=O) groups excluding carboxylic acids is 1. The highest BCUT2D eigenvalue weighted by molar-refractivity contribution is 7.92. The fourth-order valence-electron chi connectivity index (χ4n) is 3.85. The van der Waals surface area contributed by atoms with Crippen LogP contribution in [0, 0.1) is 0 Å². The fraction of sp³-hybridized carbons (Fsp3) is 0.478. The quantitative estimate of drug-likeness (QED) is 0.422. The van der Waals surface area contributed by atoms with Gasteiger partial charge < -0.3 is 19.5 Å². The predicted octanol–water partition coefficient (Wildman–Crippen LogP) is 2.03. The number of amides is 1. The van der Waals surface area contributed by atoms with E-state index in [0.29, 0.717) is 31.4 Å². The Kier molecular flexibility index (Phi) is 7.13. The lowest BCUT2D eigenvalue weighted by Gasteiger charge is -2.13. The molecule has 0 radical (unpaired) electrons. The SMILES string of the molecule is CCO[C@@H]1CC[C@@H](ON=C(C(=O)Nc2cn(C)c(=O)cn2)c2ccc(S(=O)(=O)C3CC3)cc2)C1. The summed E-state index contributed by atoms with van der Waals surface area (Å²) >= 11 is 0. The molecule has 34 heavy (non-hydrogen) atoms. The number of ether oxygens (including phenoxy) is 1. The summed E-state index contributed by atoms with van der Waals surface area (Å²) in [6.07, 6.45) is 6.03. The van der Waals surface area contributed by atoms with E-state index >= 15 is 0 Å². The molecule has 182 valence electrons. The van der Waals surface area contributed by atoms with Crippen LogP contribution >= 0.6 is 0 Å². The third-order valence-electron chi connectivity index (χ3n) is 5.89.